The summed E-state index contributed by atoms with van der Waals surface area (Å²) in [6.07, 6.45) is 3.96. The molecule has 0 aliphatic heterocycles. The lowest BCUT2D eigenvalue weighted by Gasteiger charge is -2.19. The van der Waals surface area contributed by atoms with Crippen LogP contribution < -0.4 is 10.1 Å². The third-order valence-corrected chi connectivity index (χ3v) is 3.70. The summed E-state index contributed by atoms with van der Waals surface area (Å²) < 4.78 is 10.5. The van der Waals surface area contributed by atoms with Crippen molar-refractivity contribution < 1.29 is 9.26 Å². The monoisotopic (exact) mass is 253 g/mol. The predicted octanol–water partition coefficient (Wildman–Crippen LogP) is 2.51. The second-order valence-electron chi connectivity index (χ2n) is 4.44. The largest absolute Gasteiger partial charge is 0.497 e. The van der Waals surface area contributed by atoms with Gasteiger partial charge in [0.25, 0.3) is 0 Å². The van der Waals surface area contributed by atoms with E-state index in [1.165, 1.54) is 18.4 Å². The summed E-state index contributed by atoms with van der Waals surface area (Å²) in [5, 5.41) is 3.56. The molecule has 94 valence electrons. The minimum atomic E-state index is 0.346. The summed E-state index contributed by atoms with van der Waals surface area (Å²) in [5.74, 6) is 0.904. The van der Waals surface area contributed by atoms with E-state index in [0.29, 0.717) is 12.1 Å². The highest BCUT2D eigenvalue weighted by atomic mass is 31.0. The maximum atomic E-state index is 5.38. The Morgan fingerprint density at radius 3 is 2.71 bits per heavy atom. The fraction of sp³-hybridized carbons (Fsp3) is 0.538. The summed E-state index contributed by atoms with van der Waals surface area (Å²) in [6.45, 7) is 0.888. The van der Waals surface area contributed by atoms with E-state index in [2.05, 4.69) is 26.9 Å². The zero-order chi connectivity index (χ0) is 12.1. The number of hydrogen-bond donors (Lipinski definition) is 1. The molecule has 1 saturated carbocycles. The second kappa shape index (κ2) is 6.34. The van der Waals surface area contributed by atoms with E-state index >= 15 is 0 Å². The van der Waals surface area contributed by atoms with Gasteiger partial charge in [0, 0.05) is 22.1 Å². The first-order valence-corrected chi connectivity index (χ1v) is 6.52. The van der Waals surface area contributed by atoms with Crippen LogP contribution in [0.3, 0.4) is 0 Å². The van der Waals surface area contributed by atoms with E-state index in [9.17, 15) is 0 Å². The van der Waals surface area contributed by atoms with E-state index in [0.717, 1.165) is 18.7 Å². The highest BCUT2D eigenvalue weighted by Gasteiger charge is 2.26. The molecule has 1 aliphatic carbocycles. The number of hydrogen-bond acceptors (Lipinski definition) is 3. The SMILES string of the molecule is COc1ccc(CN[C@@H]2CCC[C@H]2OP)cc1. The van der Waals surface area contributed by atoms with Crippen molar-refractivity contribution in [3.8, 4) is 5.75 Å². The number of benzene rings is 1. The Morgan fingerprint density at radius 1 is 1.29 bits per heavy atom. The van der Waals surface area contributed by atoms with E-state index in [1.54, 1.807) is 7.11 Å². The molecule has 2 rings (SSSR count). The van der Waals surface area contributed by atoms with Crippen LogP contribution in [0.1, 0.15) is 24.8 Å². The average molecular weight is 253 g/mol. The molecule has 0 heterocycles. The first-order chi connectivity index (χ1) is 8.33. The molecule has 1 N–H and O–H groups in total. The third-order valence-electron chi connectivity index (χ3n) is 3.35. The van der Waals surface area contributed by atoms with Gasteiger partial charge in [0.05, 0.1) is 13.2 Å². The van der Waals surface area contributed by atoms with Crippen molar-refractivity contribution in [1.29, 1.82) is 0 Å². The van der Waals surface area contributed by atoms with Gasteiger partial charge < -0.3 is 14.6 Å². The molecular weight excluding hydrogens is 233 g/mol. The van der Waals surface area contributed by atoms with Crippen LogP contribution in [0.15, 0.2) is 24.3 Å². The Kier molecular flexibility index (Phi) is 4.78. The number of methoxy groups -OCH3 is 1. The number of ether oxygens (including phenoxy) is 1. The van der Waals surface area contributed by atoms with Crippen LogP contribution in [0.5, 0.6) is 5.75 Å². The summed E-state index contributed by atoms with van der Waals surface area (Å²) in [7, 11) is 4.07. The molecule has 0 aromatic heterocycles. The van der Waals surface area contributed by atoms with Crippen molar-refractivity contribution in [2.75, 3.05) is 7.11 Å². The molecular formula is C13H20NO2P. The van der Waals surface area contributed by atoms with Gasteiger partial charge in [0.1, 0.15) is 5.75 Å². The molecule has 1 unspecified atom stereocenters. The Balaban J connectivity index is 1.84. The molecule has 0 bridgehead atoms. The van der Waals surface area contributed by atoms with Crippen molar-refractivity contribution in [2.24, 2.45) is 0 Å². The first-order valence-electron chi connectivity index (χ1n) is 6.05. The van der Waals surface area contributed by atoms with Crippen LogP contribution in [-0.4, -0.2) is 19.3 Å². The quantitative estimate of drug-likeness (QED) is 0.818. The molecule has 1 aromatic carbocycles. The van der Waals surface area contributed by atoms with Crippen molar-refractivity contribution in [2.45, 2.75) is 38.0 Å². The van der Waals surface area contributed by atoms with Gasteiger partial charge in [-0.3, -0.25) is 0 Å². The summed E-state index contributed by atoms with van der Waals surface area (Å²) in [5.41, 5.74) is 1.28. The van der Waals surface area contributed by atoms with Gasteiger partial charge in [0.2, 0.25) is 0 Å². The Morgan fingerprint density at radius 2 is 2.06 bits per heavy atom. The Bertz CT molecular complexity index is 342. The van der Waals surface area contributed by atoms with Gasteiger partial charge in [-0.15, -0.1) is 0 Å². The molecule has 4 heteroatoms. The number of rotatable bonds is 5. The van der Waals surface area contributed by atoms with Gasteiger partial charge in [0.15, 0.2) is 0 Å². The zero-order valence-corrected chi connectivity index (χ0v) is 11.3. The van der Waals surface area contributed by atoms with Gasteiger partial charge in [-0.2, -0.15) is 0 Å². The summed E-state index contributed by atoms with van der Waals surface area (Å²) >= 11 is 0. The van der Waals surface area contributed by atoms with Crippen LogP contribution in [0.4, 0.5) is 0 Å². The fourth-order valence-corrected chi connectivity index (χ4v) is 2.64. The minimum absolute atomic E-state index is 0.346. The maximum Gasteiger partial charge on any atom is 0.118 e. The fourth-order valence-electron chi connectivity index (χ4n) is 2.31. The molecule has 3 atom stereocenters. The lowest BCUT2D eigenvalue weighted by molar-refractivity contribution is 0.205. The van der Waals surface area contributed by atoms with E-state index < -0.39 is 0 Å². The maximum absolute atomic E-state index is 5.38. The van der Waals surface area contributed by atoms with Crippen molar-refractivity contribution in [1.82, 2.24) is 5.32 Å². The standard InChI is InChI=1S/C13H20NO2P/c1-15-11-7-5-10(6-8-11)9-14-12-3-2-4-13(12)16-17/h5-8,12-14H,2-4,9,17H2,1H3/t12-,13-/m1/s1. The molecule has 1 aliphatic rings. The van der Waals surface area contributed by atoms with Gasteiger partial charge in [-0.1, -0.05) is 12.1 Å². The molecule has 1 aromatic rings. The lowest BCUT2D eigenvalue weighted by atomic mass is 10.1. The topological polar surface area (TPSA) is 30.5 Å². The van der Waals surface area contributed by atoms with Gasteiger partial charge >= 0.3 is 0 Å². The number of nitrogens with one attached hydrogen (secondary N) is 1. The zero-order valence-electron chi connectivity index (χ0n) is 10.2. The molecule has 3 nitrogen and oxygen atoms in total. The molecule has 1 fully saturated rings. The minimum Gasteiger partial charge on any atom is -0.497 e. The normalized spacial score (nSPS) is 23.9. The highest BCUT2D eigenvalue weighted by molar-refractivity contribution is 7.09. The van der Waals surface area contributed by atoms with Crippen molar-refractivity contribution in [3.05, 3.63) is 29.8 Å². The van der Waals surface area contributed by atoms with Crippen LogP contribution in [0.25, 0.3) is 0 Å². The molecule has 0 saturated heterocycles. The van der Waals surface area contributed by atoms with Crippen LogP contribution >= 0.6 is 9.47 Å². The smallest absolute Gasteiger partial charge is 0.118 e. The summed E-state index contributed by atoms with van der Waals surface area (Å²) in [6, 6.07) is 8.66. The van der Waals surface area contributed by atoms with Crippen LogP contribution in [0, 0.1) is 0 Å². The lowest BCUT2D eigenvalue weighted by Crippen LogP contribution is -2.35. The van der Waals surface area contributed by atoms with Crippen LogP contribution in [0.2, 0.25) is 0 Å². The van der Waals surface area contributed by atoms with Crippen LogP contribution in [-0.2, 0) is 11.1 Å². The van der Waals surface area contributed by atoms with Crippen molar-refractivity contribution >= 4 is 9.47 Å². The van der Waals surface area contributed by atoms with Gasteiger partial charge in [-0.25, -0.2) is 0 Å². The predicted molar refractivity (Wildman–Crippen MR) is 72.1 cm³/mol. The average Bonchev–Trinajstić information content (AvgIpc) is 2.84. The second-order valence-corrected chi connectivity index (χ2v) is 4.71. The summed E-state index contributed by atoms with van der Waals surface area (Å²) in [4.78, 5) is 0. The highest BCUT2D eigenvalue weighted by Crippen LogP contribution is 2.24. The Labute approximate surface area is 105 Å². The van der Waals surface area contributed by atoms with E-state index in [4.69, 9.17) is 9.26 Å². The third kappa shape index (κ3) is 3.41. The molecule has 0 amide bonds. The van der Waals surface area contributed by atoms with Gasteiger partial charge in [-0.05, 0) is 37.0 Å². The molecule has 17 heavy (non-hydrogen) atoms. The molecule has 0 radical (unpaired) electrons. The molecule has 0 spiro atoms. The van der Waals surface area contributed by atoms with Crippen molar-refractivity contribution in [3.63, 3.8) is 0 Å². The van der Waals surface area contributed by atoms with E-state index in [-0.39, 0.29) is 0 Å². The van der Waals surface area contributed by atoms with E-state index in [1.807, 2.05) is 12.1 Å². The Hall–Kier alpha value is -0.630. The first kappa shape index (κ1) is 12.8.